The fourth-order valence-electron chi connectivity index (χ4n) is 4.02. The van der Waals surface area contributed by atoms with E-state index in [2.05, 4.69) is 51.3 Å². The molecule has 6 nitrogen and oxygen atoms in total. The molecular formula is C25H28N4O2. The second-order valence-electron chi connectivity index (χ2n) is 7.92. The maximum absolute atomic E-state index is 13.0. The van der Waals surface area contributed by atoms with Crippen LogP contribution in [0.1, 0.15) is 18.4 Å². The summed E-state index contributed by atoms with van der Waals surface area (Å²) in [6.07, 6.45) is 3.31. The van der Waals surface area contributed by atoms with Gasteiger partial charge in [-0.05, 0) is 29.5 Å². The minimum absolute atomic E-state index is 0.0375. The van der Waals surface area contributed by atoms with E-state index in [1.165, 1.54) is 11.1 Å². The van der Waals surface area contributed by atoms with E-state index in [0.29, 0.717) is 18.4 Å². The third kappa shape index (κ3) is 5.02. The molecule has 1 saturated heterocycles. The van der Waals surface area contributed by atoms with Crippen molar-refractivity contribution in [3.63, 3.8) is 0 Å². The third-order valence-electron chi connectivity index (χ3n) is 5.81. The summed E-state index contributed by atoms with van der Waals surface area (Å²) in [5.41, 5.74) is 3.52. The van der Waals surface area contributed by atoms with Gasteiger partial charge in [-0.15, -0.1) is 0 Å². The molecule has 2 heterocycles. The molecule has 0 spiro atoms. The lowest BCUT2D eigenvalue weighted by Gasteiger charge is -2.33. The van der Waals surface area contributed by atoms with Gasteiger partial charge in [0.15, 0.2) is 0 Å². The van der Waals surface area contributed by atoms with Gasteiger partial charge >= 0.3 is 0 Å². The van der Waals surface area contributed by atoms with E-state index in [4.69, 9.17) is 4.74 Å². The van der Waals surface area contributed by atoms with Gasteiger partial charge in [0.25, 0.3) is 0 Å². The quantitative estimate of drug-likeness (QED) is 0.607. The van der Waals surface area contributed by atoms with Crippen molar-refractivity contribution >= 4 is 11.9 Å². The van der Waals surface area contributed by atoms with E-state index in [1.807, 2.05) is 30.1 Å². The number of piperidine rings is 1. The van der Waals surface area contributed by atoms with Crippen molar-refractivity contribution in [2.24, 2.45) is 5.92 Å². The Hall–Kier alpha value is -3.41. The Morgan fingerprint density at radius 2 is 1.71 bits per heavy atom. The number of benzene rings is 2. The molecule has 3 aromatic rings. The van der Waals surface area contributed by atoms with Crippen LogP contribution >= 0.6 is 0 Å². The van der Waals surface area contributed by atoms with E-state index in [-0.39, 0.29) is 11.8 Å². The molecule has 0 bridgehead atoms. The van der Waals surface area contributed by atoms with Crippen LogP contribution in [0.5, 0.6) is 5.88 Å². The van der Waals surface area contributed by atoms with Crippen LogP contribution in [0.4, 0.5) is 5.95 Å². The summed E-state index contributed by atoms with van der Waals surface area (Å²) in [5, 5.41) is 0. The molecule has 1 aliphatic rings. The first-order valence-electron chi connectivity index (χ1n) is 10.7. The predicted molar refractivity (Wildman–Crippen MR) is 122 cm³/mol. The van der Waals surface area contributed by atoms with Gasteiger partial charge in [0.1, 0.15) is 0 Å². The van der Waals surface area contributed by atoms with Crippen LogP contribution in [0.15, 0.2) is 66.9 Å². The Kier molecular flexibility index (Phi) is 6.46. The maximum atomic E-state index is 13.0. The van der Waals surface area contributed by atoms with Crippen LogP contribution in [0.25, 0.3) is 11.1 Å². The zero-order valence-electron chi connectivity index (χ0n) is 18.1. The van der Waals surface area contributed by atoms with E-state index in [1.54, 1.807) is 19.4 Å². The van der Waals surface area contributed by atoms with Crippen LogP contribution in [0, 0.1) is 5.92 Å². The number of hydrogen-bond donors (Lipinski definition) is 0. The smallest absolute Gasteiger partial charge is 0.228 e. The number of hydrogen-bond acceptors (Lipinski definition) is 5. The van der Waals surface area contributed by atoms with Gasteiger partial charge in [-0.3, -0.25) is 4.79 Å². The Morgan fingerprint density at radius 3 is 2.39 bits per heavy atom. The summed E-state index contributed by atoms with van der Waals surface area (Å²) >= 11 is 0. The number of amides is 1. The monoisotopic (exact) mass is 416 g/mol. The van der Waals surface area contributed by atoms with Crippen molar-refractivity contribution in [3.05, 3.63) is 72.4 Å². The number of aromatic nitrogens is 2. The van der Waals surface area contributed by atoms with Crippen LogP contribution in [-0.2, 0) is 11.3 Å². The minimum Gasteiger partial charge on any atom is -0.481 e. The van der Waals surface area contributed by atoms with Gasteiger partial charge in [-0.2, -0.15) is 4.98 Å². The number of methoxy groups -OCH3 is 1. The van der Waals surface area contributed by atoms with Crippen molar-refractivity contribution in [1.82, 2.24) is 14.9 Å². The van der Waals surface area contributed by atoms with Gasteiger partial charge in [-0.25, -0.2) is 4.98 Å². The topological polar surface area (TPSA) is 58.6 Å². The molecule has 0 atom stereocenters. The number of ether oxygens (including phenoxy) is 1. The first kappa shape index (κ1) is 20.8. The number of anilines is 1. The first-order chi connectivity index (χ1) is 15.1. The number of nitrogens with zero attached hydrogens (tertiary/aromatic N) is 4. The Balaban J connectivity index is 1.31. The predicted octanol–water partition coefficient (Wildman–Crippen LogP) is 4.03. The molecule has 1 aliphatic heterocycles. The molecule has 0 radical (unpaired) electrons. The highest BCUT2D eigenvalue weighted by Gasteiger charge is 2.28. The summed E-state index contributed by atoms with van der Waals surface area (Å²) in [6.45, 7) is 2.15. The normalized spacial score (nSPS) is 14.3. The average molecular weight is 417 g/mol. The summed E-state index contributed by atoms with van der Waals surface area (Å²) in [7, 11) is 3.49. The second kappa shape index (κ2) is 9.60. The first-order valence-corrected chi connectivity index (χ1v) is 10.7. The van der Waals surface area contributed by atoms with Gasteiger partial charge in [0.05, 0.1) is 7.11 Å². The summed E-state index contributed by atoms with van der Waals surface area (Å²) in [6, 6.07) is 20.5. The number of rotatable bonds is 6. The van der Waals surface area contributed by atoms with Crippen molar-refractivity contribution in [1.29, 1.82) is 0 Å². The molecule has 0 N–H and O–H groups in total. The molecule has 1 fully saturated rings. The SMILES string of the molecule is COc1ccnc(N2CCC(C(=O)N(C)Cc3ccc(-c4ccccc4)cc3)CC2)n1. The van der Waals surface area contributed by atoms with Gasteiger partial charge in [0.2, 0.25) is 17.7 Å². The Labute approximate surface area is 183 Å². The third-order valence-corrected chi connectivity index (χ3v) is 5.81. The standard InChI is InChI=1S/C25H28N4O2/c1-28(18-19-8-10-21(11-9-19)20-6-4-3-5-7-20)24(30)22-13-16-29(17-14-22)25-26-15-12-23(27-25)31-2/h3-12,15,22H,13-14,16-18H2,1-2H3. The molecule has 0 unspecified atom stereocenters. The van der Waals surface area contributed by atoms with Crippen LogP contribution < -0.4 is 9.64 Å². The van der Waals surface area contributed by atoms with Gasteiger partial charge in [0, 0.05) is 44.9 Å². The Morgan fingerprint density at radius 1 is 1.03 bits per heavy atom. The molecule has 6 heteroatoms. The van der Waals surface area contributed by atoms with Crippen molar-refractivity contribution in [2.45, 2.75) is 19.4 Å². The molecule has 1 amide bonds. The zero-order chi connectivity index (χ0) is 21.6. The number of carbonyl (C=O) groups is 1. The fourth-order valence-corrected chi connectivity index (χ4v) is 4.02. The summed E-state index contributed by atoms with van der Waals surface area (Å²) in [5.74, 6) is 1.46. The zero-order valence-corrected chi connectivity index (χ0v) is 18.1. The van der Waals surface area contributed by atoms with Crippen molar-refractivity contribution < 1.29 is 9.53 Å². The highest BCUT2D eigenvalue weighted by molar-refractivity contribution is 5.79. The van der Waals surface area contributed by atoms with Gasteiger partial charge in [-0.1, -0.05) is 54.6 Å². The second-order valence-corrected chi connectivity index (χ2v) is 7.92. The van der Waals surface area contributed by atoms with E-state index in [9.17, 15) is 4.79 Å². The lowest BCUT2D eigenvalue weighted by molar-refractivity contribution is -0.135. The van der Waals surface area contributed by atoms with Crippen molar-refractivity contribution in [3.8, 4) is 17.0 Å². The molecule has 160 valence electrons. The Bertz CT molecular complexity index is 1000. The highest BCUT2D eigenvalue weighted by atomic mass is 16.5. The molecular weight excluding hydrogens is 388 g/mol. The maximum Gasteiger partial charge on any atom is 0.228 e. The molecule has 0 aliphatic carbocycles. The minimum atomic E-state index is 0.0375. The lowest BCUT2D eigenvalue weighted by Crippen LogP contribution is -2.41. The van der Waals surface area contributed by atoms with E-state index in [0.717, 1.165) is 31.5 Å². The van der Waals surface area contributed by atoms with Crippen LogP contribution in [-0.4, -0.2) is 48.0 Å². The number of carbonyl (C=O) groups excluding carboxylic acids is 1. The molecule has 31 heavy (non-hydrogen) atoms. The van der Waals surface area contributed by atoms with Crippen LogP contribution in [0.3, 0.4) is 0 Å². The average Bonchev–Trinajstić information content (AvgIpc) is 2.84. The molecule has 1 aromatic heterocycles. The fraction of sp³-hybridized carbons (Fsp3) is 0.320. The summed E-state index contributed by atoms with van der Waals surface area (Å²) in [4.78, 5) is 25.7. The van der Waals surface area contributed by atoms with E-state index >= 15 is 0 Å². The lowest BCUT2D eigenvalue weighted by atomic mass is 9.95. The van der Waals surface area contributed by atoms with Crippen molar-refractivity contribution in [2.75, 3.05) is 32.1 Å². The molecule has 2 aromatic carbocycles. The highest BCUT2D eigenvalue weighted by Crippen LogP contribution is 2.24. The molecule has 4 rings (SSSR count). The molecule has 0 saturated carbocycles. The van der Waals surface area contributed by atoms with E-state index < -0.39 is 0 Å². The largest absolute Gasteiger partial charge is 0.481 e. The van der Waals surface area contributed by atoms with Gasteiger partial charge < -0.3 is 14.5 Å². The van der Waals surface area contributed by atoms with Crippen LogP contribution in [0.2, 0.25) is 0 Å². The summed E-state index contributed by atoms with van der Waals surface area (Å²) < 4.78 is 5.19.